The Bertz CT molecular complexity index is 930. The number of para-hydroxylation sites is 2. The number of aromatic nitrogens is 2. The van der Waals surface area contributed by atoms with Crippen LogP contribution in [0, 0.1) is 0 Å². The molecule has 0 fully saturated rings. The zero-order valence-corrected chi connectivity index (χ0v) is 16.2. The molecule has 0 radical (unpaired) electrons. The van der Waals surface area contributed by atoms with E-state index in [1.165, 1.54) is 6.08 Å². The Kier molecular flexibility index (Phi) is 6.68. The molecule has 3 rings (SSSR count). The Morgan fingerprint density at radius 3 is 2.86 bits per heavy atom. The fourth-order valence-corrected chi connectivity index (χ4v) is 2.78. The highest BCUT2D eigenvalue weighted by Gasteiger charge is 2.05. The number of rotatable bonds is 9. The van der Waals surface area contributed by atoms with Gasteiger partial charge in [-0.3, -0.25) is 4.79 Å². The van der Waals surface area contributed by atoms with Gasteiger partial charge in [-0.1, -0.05) is 25.1 Å². The summed E-state index contributed by atoms with van der Waals surface area (Å²) < 4.78 is 11.0. The van der Waals surface area contributed by atoms with E-state index < -0.39 is 0 Å². The number of ether oxygens (including phenoxy) is 2. The molecule has 2 N–H and O–H groups in total. The lowest BCUT2D eigenvalue weighted by atomic mass is 10.2. The van der Waals surface area contributed by atoms with Crippen LogP contribution >= 0.6 is 0 Å². The van der Waals surface area contributed by atoms with Gasteiger partial charge < -0.3 is 19.8 Å². The number of hydrogen-bond donors (Lipinski definition) is 2. The van der Waals surface area contributed by atoms with Crippen LogP contribution in [0.25, 0.3) is 17.1 Å². The van der Waals surface area contributed by atoms with Gasteiger partial charge in [0.2, 0.25) is 5.91 Å². The molecule has 6 nitrogen and oxygen atoms in total. The van der Waals surface area contributed by atoms with Crippen LogP contribution in [0.2, 0.25) is 0 Å². The molecule has 1 aromatic heterocycles. The van der Waals surface area contributed by atoms with Gasteiger partial charge in [-0.15, -0.1) is 0 Å². The average Bonchev–Trinajstić information content (AvgIpc) is 3.13. The Labute approximate surface area is 164 Å². The number of imidazole rings is 1. The normalized spacial score (nSPS) is 11.1. The van der Waals surface area contributed by atoms with E-state index in [4.69, 9.17) is 9.47 Å². The second-order valence-electron chi connectivity index (χ2n) is 6.33. The van der Waals surface area contributed by atoms with Gasteiger partial charge in [-0.2, -0.15) is 0 Å². The smallest absolute Gasteiger partial charge is 0.244 e. The highest BCUT2D eigenvalue weighted by atomic mass is 16.5. The highest BCUT2D eigenvalue weighted by Crippen LogP contribution is 2.28. The molecule has 3 aromatic rings. The molecule has 1 amide bonds. The molecule has 0 saturated carbocycles. The predicted octanol–water partition coefficient (Wildman–Crippen LogP) is 3.73. The molecule has 1 heterocycles. The summed E-state index contributed by atoms with van der Waals surface area (Å²) in [7, 11) is 1.60. The predicted molar refractivity (Wildman–Crippen MR) is 111 cm³/mol. The van der Waals surface area contributed by atoms with E-state index in [-0.39, 0.29) is 5.91 Å². The minimum absolute atomic E-state index is 0.151. The zero-order valence-electron chi connectivity index (χ0n) is 16.2. The number of nitrogens with one attached hydrogen (secondary N) is 2. The van der Waals surface area contributed by atoms with E-state index in [0.29, 0.717) is 31.1 Å². The second kappa shape index (κ2) is 9.60. The van der Waals surface area contributed by atoms with E-state index in [0.717, 1.165) is 28.8 Å². The third kappa shape index (κ3) is 5.13. The molecule has 0 aliphatic rings. The number of H-pyrrole nitrogens is 1. The molecule has 28 heavy (non-hydrogen) atoms. The molecule has 0 bridgehead atoms. The lowest BCUT2D eigenvalue weighted by Crippen LogP contribution is -2.23. The quantitative estimate of drug-likeness (QED) is 0.556. The number of nitrogens with zero attached hydrogens (tertiary/aromatic N) is 1. The summed E-state index contributed by atoms with van der Waals surface area (Å²) in [6, 6.07) is 13.5. The van der Waals surface area contributed by atoms with Crippen molar-refractivity contribution in [2.24, 2.45) is 0 Å². The first-order valence-electron chi connectivity index (χ1n) is 9.40. The average molecular weight is 379 g/mol. The third-order valence-corrected chi connectivity index (χ3v) is 4.18. The van der Waals surface area contributed by atoms with E-state index in [1.54, 1.807) is 13.2 Å². The maximum Gasteiger partial charge on any atom is 0.244 e. The van der Waals surface area contributed by atoms with Gasteiger partial charge >= 0.3 is 0 Å². The minimum atomic E-state index is -0.151. The van der Waals surface area contributed by atoms with Crippen molar-refractivity contribution < 1.29 is 14.3 Å². The van der Waals surface area contributed by atoms with Gasteiger partial charge in [-0.25, -0.2) is 4.98 Å². The Morgan fingerprint density at radius 1 is 1.21 bits per heavy atom. The van der Waals surface area contributed by atoms with Crippen molar-refractivity contribution in [1.29, 1.82) is 0 Å². The number of carbonyl (C=O) groups excluding carboxylic acids is 1. The molecule has 0 spiro atoms. The first kappa shape index (κ1) is 19.5. The molecule has 2 aromatic carbocycles. The highest BCUT2D eigenvalue weighted by molar-refractivity contribution is 5.91. The third-order valence-electron chi connectivity index (χ3n) is 4.18. The maximum absolute atomic E-state index is 12.1. The lowest BCUT2D eigenvalue weighted by molar-refractivity contribution is -0.116. The van der Waals surface area contributed by atoms with Gasteiger partial charge in [0.15, 0.2) is 11.5 Å². The van der Waals surface area contributed by atoms with E-state index >= 15 is 0 Å². The van der Waals surface area contributed by atoms with Crippen LogP contribution in [-0.4, -0.2) is 36.1 Å². The first-order chi connectivity index (χ1) is 13.7. The fraction of sp³-hybridized carbons (Fsp3) is 0.273. The molecule has 146 valence electrons. The van der Waals surface area contributed by atoms with Crippen LogP contribution in [0.5, 0.6) is 11.5 Å². The van der Waals surface area contributed by atoms with Gasteiger partial charge in [0, 0.05) is 19.0 Å². The van der Waals surface area contributed by atoms with E-state index in [9.17, 15) is 4.79 Å². The summed E-state index contributed by atoms with van der Waals surface area (Å²) in [6.45, 7) is 3.20. The topological polar surface area (TPSA) is 76.2 Å². The Morgan fingerprint density at radius 2 is 2.07 bits per heavy atom. The van der Waals surface area contributed by atoms with Crippen molar-refractivity contribution in [3.8, 4) is 11.5 Å². The number of benzene rings is 2. The monoisotopic (exact) mass is 379 g/mol. The summed E-state index contributed by atoms with van der Waals surface area (Å²) in [5.74, 6) is 2.07. The number of methoxy groups -OCH3 is 1. The fourth-order valence-electron chi connectivity index (χ4n) is 2.78. The van der Waals surface area contributed by atoms with Gasteiger partial charge in [0.25, 0.3) is 0 Å². The summed E-state index contributed by atoms with van der Waals surface area (Å²) in [4.78, 5) is 19.8. The molecule has 0 atom stereocenters. The van der Waals surface area contributed by atoms with Crippen molar-refractivity contribution in [2.45, 2.75) is 19.8 Å². The van der Waals surface area contributed by atoms with Gasteiger partial charge in [-0.05, 0) is 42.3 Å². The van der Waals surface area contributed by atoms with Crippen LogP contribution in [-0.2, 0) is 11.2 Å². The van der Waals surface area contributed by atoms with Crippen molar-refractivity contribution in [3.05, 3.63) is 59.9 Å². The summed E-state index contributed by atoms with van der Waals surface area (Å²) in [5.41, 5.74) is 2.81. The zero-order chi connectivity index (χ0) is 19.8. The lowest BCUT2D eigenvalue weighted by Gasteiger charge is -2.10. The number of amides is 1. The number of aromatic amines is 1. The van der Waals surface area contributed by atoms with Gasteiger partial charge in [0.1, 0.15) is 5.82 Å². The maximum atomic E-state index is 12.1. The van der Waals surface area contributed by atoms with Crippen molar-refractivity contribution in [3.63, 3.8) is 0 Å². The first-order valence-corrected chi connectivity index (χ1v) is 9.40. The van der Waals surface area contributed by atoms with E-state index in [2.05, 4.69) is 22.2 Å². The SMILES string of the molecule is CCCOc1ccc(C=CC(=O)NCCc2nc3ccccc3[nH]2)cc1OC. The molecule has 0 aliphatic heterocycles. The largest absolute Gasteiger partial charge is 0.493 e. The molecule has 0 aliphatic carbocycles. The Balaban J connectivity index is 1.51. The number of hydrogen-bond acceptors (Lipinski definition) is 4. The molecule has 6 heteroatoms. The van der Waals surface area contributed by atoms with E-state index in [1.807, 2.05) is 42.5 Å². The number of carbonyl (C=O) groups is 1. The molecular weight excluding hydrogens is 354 g/mol. The summed E-state index contributed by atoms with van der Waals surface area (Å²) >= 11 is 0. The minimum Gasteiger partial charge on any atom is -0.493 e. The number of fused-ring (bicyclic) bond motifs is 1. The Hall–Kier alpha value is -3.28. The van der Waals surface area contributed by atoms with Crippen LogP contribution < -0.4 is 14.8 Å². The van der Waals surface area contributed by atoms with Gasteiger partial charge in [0.05, 0.1) is 24.8 Å². The summed E-state index contributed by atoms with van der Waals surface area (Å²) in [6.07, 6.45) is 4.84. The van der Waals surface area contributed by atoms with Crippen molar-refractivity contribution in [2.75, 3.05) is 20.3 Å². The summed E-state index contributed by atoms with van der Waals surface area (Å²) in [5, 5.41) is 2.87. The molecule has 0 unspecified atom stereocenters. The second-order valence-corrected chi connectivity index (χ2v) is 6.33. The van der Waals surface area contributed by atoms with Crippen molar-refractivity contribution >= 4 is 23.0 Å². The van der Waals surface area contributed by atoms with Crippen LogP contribution in [0.1, 0.15) is 24.7 Å². The molecular formula is C22H25N3O3. The standard InChI is InChI=1S/C22H25N3O3/c1-3-14-28-19-10-8-16(15-20(19)27-2)9-11-22(26)23-13-12-21-24-17-6-4-5-7-18(17)25-21/h4-11,15H,3,12-14H2,1-2H3,(H,23,26)(H,24,25). The van der Waals surface area contributed by atoms with Crippen LogP contribution in [0.3, 0.4) is 0 Å². The van der Waals surface area contributed by atoms with Crippen molar-refractivity contribution in [1.82, 2.24) is 15.3 Å². The molecule has 0 saturated heterocycles. The van der Waals surface area contributed by atoms with Crippen LogP contribution in [0.15, 0.2) is 48.5 Å². The van der Waals surface area contributed by atoms with Crippen LogP contribution in [0.4, 0.5) is 0 Å².